The van der Waals surface area contributed by atoms with E-state index in [0.717, 1.165) is 25.8 Å². The van der Waals surface area contributed by atoms with Crippen LogP contribution >= 0.6 is 0 Å². The molecule has 0 heterocycles. The van der Waals surface area contributed by atoms with Crippen molar-refractivity contribution >= 4 is 5.91 Å². The summed E-state index contributed by atoms with van der Waals surface area (Å²) in [7, 11) is 0. The molecule has 0 bridgehead atoms. The van der Waals surface area contributed by atoms with Crippen LogP contribution in [-0.2, 0) is 4.79 Å². The summed E-state index contributed by atoms with van der Waals surface area (Å²) in [5, 5.41) is 6.11. The first-order valence-corrected chi connectivity index (χ1v) is 5.85. The summed E-state index contributed by atoms with van der Waals surface area (Å²) in [5.74, 6) is 0.0768. The van der Waals surface area contributed by atoms with Crippen LogP contribution in [0.1, 0.15) is 40.0 Å². The minimum Gasteiger partial charge on any atom is -0.352 e. The zero-order valence-electron chi connectivity index (χ0n) is 10.2. The first-order valence-electron chi connectivity index (χ1n) is 5.85. The zero-order chi connectivity index (χ0) is 11.7. The lowest BCUT2D eigenvalue weighted by atomic mass is 10.2. The maximum atomic E-state index is 11.6. The third-order valence-electron chi connectivity index (χ3n) is 2.34. The molecule has 4 heteroatoms. The van der Waals surface area contributed by atoms with Crippen molar-refractivity contribution in [3.05, 3.63) is 0 Å². The molecule has 0 aromatic carbocycles. The number of nitrogens with two attached hydrogens (primary N) is 1. The number of amides is 1. The molecule has 1 amide bonds. The van der Waals surface area contributed by atoms with Crippen LogP contribution < -0.4 is 16.4 Å². The molecule has 0 saturated carbocycles. The highest BCUT2D eigenvalue weighted by Gasteiger charge is 2.13. The van der Waals surface area contributed by atoms with E-state index < -0.39 is 0 Å². The number of nitrogens with one attached hydrogen (secondary N) is 2. The Morgan fingerprint density at radius 1 is 1.40 bits per heavy atom. The maximum absolute atomic E-state index is 11.6. The van der Waals surface area contributed by atoms with E-state index in [9.17, 15) is 4.79 Å². The van der Waals surface area contributed by atoms with Crippen molar-refractivity contribution in [3.8, 4) is 0 Å². The molecule has 0 aliphatic heterocycles. The molecule has 0 fully saturated rings. The lowest BCUT2D eigenvalue weighted by Crippen LogP contribution is -2.45. The molecular weight excluding hydrogens is 190 g/mol. The minimum atomic E-state index is -0.129. The van der Waals surface area contributed by atoms with Gasteiger partial charge in [0.15, 0.2) is 0 Å². The summed E-state index contributed by atoms with van der Waals surface area (Å²) in [5.41, 5.74) is 5.37. The van der Waals surface area contributed by atoms with Crippen molar-refractivity contribution in [2.75, 3.05) is 13.1 Å². The van der Waals surface area contributed by atoms with Gasteiger partial charge in [0, 0.05) is 6.04 Å². The molecule has 0 aromatic rings. The highest BCUT2D eigenvalue weighted by atomic mass is 16.2. The molecule has 15 heavy (non-hydrogen) atoms. The second kappa shape index (κ2) is 8.68. The smallest absolute Gasteiger partial charge is 0.237 e. The first-order chi connectivity index (χ1) is 7.11. The molecule has 2 unspecified atom stereocenters. The van der Waals surface area contributed by atoms with Crippen LogP contribution in [0.3, 0.4) is 0 Å². The van der Waals surface area contributed by atoms with Crippen LogP contribution in [-0.4, -0.2) is 31.1 Å². The molecule has 0 aliphatic rings. The molecule has 0 spiro atoms. The van der Waals surface area contributed by atoms with E-state index >= 15 is 0 Å². The van der Waals surface area contributed by atoms with E-state index in [-0.39, 0.29) is 18.0 Å². The topological polar surface area (TPSA) is 67.2 Å². The normalized spacial score (nSPS) is 14.7. The van der Waals surface area contributed by atoms with E-state index in [1.165, 1.54) is 0 Å². The minimum absolute atomic E-state index is 0.0768. The van der Waals surface area contributed by atoms with Crippen LogP contribution in [0.4, 0.5) is 0 Å². The molecule has 2 atom stereocenters. The van der Waals surface area contributed by atoms with E-state index in [4.69, 9.17) is 5.73 Å². The Bertz CT molecular complexity index is 173. The van der Waals surface area contributed by atoms with Gasteiger partial charge in [0.1, 0.15) is 0 Å². The van der Waals surface area contributed by atoms with Crippen LogP contribution in [0, 0.1) is 0 Å². The first kappa shape index (κ1) is 14.4. The van der Waals surface area contributed by atoms with Gasteiger partial charge < -0.3 is 16.4 Å². The van der Waals surface area contributed by atoms with Crippen LogP contribution in [0.25, 0.3) is 0 Å². The highest BCUT2D eigenvalue weighted by molar-refractivity contribution is 5.81. The van der Waals surface area contributed by atoms with Gasteiger partial charge in [-0.25, -0.2) is 0 Å². The third-order valence-corrected chi connectivity index (χ3v) is 2.34. The Morgan fingerprint density at radius 3 is 2.60 bits per heavy atom. The Morgan fingerprint density at radius 2 is 2.07 bits per heavy atom. The van der Waals surface area contributed by atoms with Gasteiger partial charge in [-0.05, 0) is 39.8 Å². The van der Waals surface area contributed by atoms with E-state index in [0.29, 0.717) is 6.54 Å². The standard InChI is InChI=1S/C11H25N3O/c1-4-6-9(2)14-11(15)10(3)13-8-5-7-12/h9-10,13H,4-8,12H2,1-3H3,(H,14,15). The number of hydrogen-bond donors (Lipinski definition) is 3. The summed E-state index contributed by atoms with van der Waals surface area (Å²) in [6, 6.07) is 0.136. The van der Waals surface area contributed by atoms with Crippen LogP contribution in [0.5, 0.6) is 0 Å². The summed E-state index contributed by atoms with van der Waals surface area (Å²) in [4.78, 5) is 11.6. The Kier molecular flexibility index (Phi) is 8.33. The fourth-order valence-corrected chi connectivity index (χ4v) is 1.39. The lowest BCUT2D eigenvalue weighted by Gasteiger charge is -2.17. The molecule has 4 N–H and O–H groups in total. The molecule has 0 radical (unpaired) electrons. The molecule has 90 valence electrons. The van der Waals surface area contributed by atoms with Gasteiger partial charge in [0.2, 0.25) is 5.91 Å². The number of carbonyl (C=O) groups excluding carboxylic acids is 1. The molecule has 0 aromatic heterocycles. The lowest BCUT2D eigenvalue weighted by molar-refractivity contribution is -0.123. The Labute approximate surface area is 93.0 Å². The molecule has 0 aliphatic carbocycles. The van der Waals surface area contributed by atoms with E-state index in [2.05, 4.69) is 17.6 Å². The average molecular weight is 215 g/mol. The second-order valence-electron chi connectivity index (χ2n) is 4.02. The molecule has 4 nitrogen and oxygen atoms in total. The zero-order valence-corrected chi connectivity index (χ0v) is 10.2. The summed E-state index contributed by atoms with van der Waals surface area (Å²) in [6.45, 7) is 7.49. The fraction of sp³-hybridized carbons (Fsp3) is 0.909. The van der Waals surface area contributed by atoms with Crippen molar-refractivity contribution in [1.82, 2.24) is 10.6 Å². The summed E-state index contributed by atoms with van der Waals surface area (Å²) < 4.78 is 0. The van der Waals surface area contributed by atoms with Gasteiger partial charge in [-0.1, -0.05) is 13.3 Å². The predicted octanol–water partition coefficient (Wildman–Crippen LogP) is 0.618. The SMILES string of the molecule is CCCC(C)NC(=O)C(C)NCCCN. The largest absolute Gasteiger partial charge is 0.352 e. The average Bonchev–Trinajstić information content (AvgIpc) is 2.18. The predicted molar refractivity (Wildman–Crippen MR) is 63.6 cm³/mol. The fourth-order valence-electron chi connectivity index (χ4n) is 1.39. The second-order valence-corrected chi connectivity index (χ2v) is 4.02. The van der Waals surface area contributed by atoms with Gasteiger partial charge in [0.05, 0.1) is 6.04 Å². The Balaban J connectivity index is 3.68. The van der Waals surface area contributed by atoms with Gasteiger partial charge in [-0.15, -0.1) is 0 Å². The molecular formula is C11H25N3O. The Hall–Kier alpha value is -0.610. The summed E-state index contributed by atoms with van der Waals surface area (Å²) in [6.07, 6.45) is 3.03. The third kappa shape index (κ3) is 7.33. The highest BCUT2D eigenvalue weighted by Crippen LogP contribution is 1.95. The van der Waals surface area contributed by atoms with Crippen molar-refractivity contribution in [2.24, 2.45) is 5.73 Å². The van der Waals surface area contributed by atoms with Crippen LogP contribution in [0.2, 0.25) is 0 Å². The van der Waals surface area contributed by atoms with E-state index in [1.54, 1.807) is 0 Å². The van der Waals surface area contributed by atoms with Gasteiger partial charge >= 0.3 is 0 Å². The van der Waals surface area contributed by atoms with Gasteiger partial charge in [-0.2, -0.15) is 0 Å². The van der Waals surface area contributed by atoms with Crippen molar-refractivity contribution in [1.29, 1.82) is 0 Å². The molecule has 0 saturated heterocycles. The van der Waals surface area contributed by atoms with Crippen LogP contribution in [0.15, 0.2) is 0 Å². The summed E-state index contributed by atoms with van der Waals surface area (Å²) >= 11 is 0. The monoisotopic (exact) mass is 215 g/mol. The quantitative estimate of drug-likeness (QED) is 0.520. The van der Waals surface area contributed by atoms with Gasteiger partial charge in [-0.3, -0.25) is 4.79 Å². The maximum Gasteiger partial charge on any atom is 0.237 e. The number of carbonyl (C=O) groups is 1. The van der Waals surface area contributed by atoms with E-state index in [1.807, 2.05) is 13.8 Å². The van der Waals surface area contributed by atoms with Crippen molar-refractivity contribution in [2.45, 2.75) is 52.1 Å². The van der Waals surface area contributed by atoms with Crippen molar-refractivity contribution < 1.29 is 4.79 Å². The molecule has 0 rings (SSSR count). The number of rotatable bonds is 8. The van der Waals surface area contributed by atoms with Gasteiger partial charge in [0.25, 0.3) is 0 Å². The van der Waals surface area contributed by atoms with Crippen molar-refractivity contribution in [3.63, 3.8) is 0 Å². The number of hydrogen-bond acceptors (Lipinski definition) is 3.